The number of hydrogen-bond acceptors (Lipinski definition) is 6. The Kier molecular flexibility index (Phi) is 8.34. The van der Waals surface area contributed by atoms with Crippen LogP contribution >= 0.6 is 11.6 Å². The van der Waals surface area contributed by atoms with E-state index in [2.05, 4.69) is 10.3 Å². The van der Waals surface area contributed by atoms with Gasteiger partial charge in [-0.1, -0.05) is 17.7 Å². The van der Waals surface area contributed by atoms with Crippen molar-refractivity contribution in [1.82, 2.24) is 10.3 Å². The first-order valence-electron chi connectivity index (χ1n) is 12.2. The van der Waals surface area contributed by atoms with Gasteiger partial charge in [0.25, 0.3) is 5.91 Å². The van der Waals surface area contributed by atoms with E-state index in [1.165, 1.54) is 11.0 Å². The maximum Gasteiger partial charge on any atom is 0.433 e. The number of nitrogens with one attached hydrogen (secondary N) is 1. The van der Waals surface area contributed by atoms with E-state index < -0.39 is 11.9 Å². The van der Waals surface area contributed by atoms with Crippen LogP contribution in [0.5, 0.6) is 17.2 Å². The van der Waals surface area contributed by atoms with E-state index in [9.17, 15) is 22.8 Å². The van der Waals surface area contributed by atoms with Crippen LogP contribution in [0.3, 0.4) is 0 Å². The minimum Gasteiger partial charge on any atom is -0.493 e. The molecule has 0 radical (unpaired) electrons. The number of alkyl halides is 3. The van der Waals surface area contributed by atoms with Crippen LogP contribution in [0.1, 0.15) is 46.4 Å². The molecule has 1 aliphatic rings. The number of aromatic nitrogens is 1. The molecule has 3 aromatic rings. The molecule has 0 aliphatic carbocycles. The van der Waals surface area contributed by atoms with Crippen LogP contribution in [0.2, 0.25) is 5.02 Å². The predicted octanol–water partition coefficient (Wildman–Crippen LogP) is 6.04. The number of ketones is 1. The summed E-state index contributed by atoms with van der Waals surface area (Å²) < 4.78 is 50.6. The van der Waals surface area contributed by atoms with Crippen molar-refractivity contribution in [2.45, 2.75) is 31.9 Å². The zero-order chi connectivity index (χ0) is 28.3. The maximum absolute atomic E-state index is 13.0. The Morgan fingerprint density at radius 3 is 2.51 bits per heavy atom. The number of amides is 1. The van der Waals surface area contributed by atoms with Crippen molar-refractivity contribution in [3.05, 3.63) is 75.9 Å². The molecule has 7 nitrogen and oxygen atoms in total. The smallest absolute Gasteiger partial charge is 0.433 e. The molecule has 0 saturated heterocycles. The summed E-state index contributed by atoms with van der Waals surface area (Å²) in [4.78, 5) is 29.8. The van der Waals surface area contributed by atoms with Gasteiger partial charge in [-0.15, -0.1) is 0 Å². The van der Waals surface area contributed by atoms with Crippen molar-refractivity contribution in [3.8, 4) is 17.2 Å². The lowest BCUT2D eigenvalue weighted by Crippen LogP contribution is -2.26. The maximum atomic E-state index is 13.0. The van der Waals surface area contributed by atoms with Crippen molar-refractivity contribution in [2.24, 2.45) is 0 Å². The molecule has 1 N–H and O–H groups in total. The zero-order valence-electron chi connectivity index (χ0n) is 21.6. The lowest BCUT2D eigenvalue weighted by atomic mass is 9.90. The molecular weight excluding hydrogens is 535 g/mol. The monoisotopic (exact) mass is 561 g/mol. The number of carbonyl (C=O) groups excluding carboxylic acids is 2. The van der Waals surface area contributed by atoms with Gasteiger partial charge in [0, 0.05) is 43.8 Å². The number of pyridine rings is 1. The van der Waals surface area contributed by atoms with Gasteiger partial charge >= 0.3 is 6.18 Å². The normalized spacial score (nSPS) is 14.7. The number of fused-ring (bicyclic) bond motifs is 1. The molecule has 1 atom stereocenters. The quantitative estimate of drug-likeness (QED) is 0.361. The highest BCUT2D eigenvalue weighted by Gasteiger charge is 2.33. The van der Waals surface area contributed by atoms with Crippen molar-refractivity contribution in [2.75, 3.05) is 32.1 Å². The molecular formula is C28H27ClF3N3O4. The molecule has 39 heavy (non-hydrogen) atoms. The Morgan fingerprint density at radius 2 is 1.87 bits per heavy atom. The Bertz CT molecular complexity index is 1380. The molecule has 0 saturated carbocycles. The summed E-state index contributed by atoms with van der Waals surface area (Å²) in [5, 5.41) is 3.11. The minimum absolute atomic E-state index is 0.0484. The van der Waals surface area contributed by atoms with E-state index in [0.717, 1.165) is 11.6 Å². The molecule has 11 heteroatoms. The number of halogens is 4. The van der Waals surface area contributed by atoms with Crippen LogP contribution in [0.15, 0.2) is 48.5 Å². The van der Waals surface area contributed by atoms with Gasteiger partial charge < -0.3 is 19.7 Å². The molecule has 1 aromatic heterocycles. The van der Waals surface area contributed by atoms with Crippen LogP contribution in [0.4, 0.5) is 19.0 Å². The Labute approximate surface area is 228 Å². The van der Waals surface area contributed by atoms with Gasteiger partial charge in [0.15, 0.2) is 0 Å². The fraction of sp³-hybridized carbons (Fsp3) is 0.321. The van der Waals surface area contributed by atoms with E-state index in [0.29, 0.717) is 52.8 Å². The molecule has 0 bridgehead atoms. The van der Waals surface area contributed by atoms with Gasteiger partial charge in [0.05, 0.1) is 11.6 Å². The minimum atomic E-state index is -4.54. The van der Waals surface area contributed by atoms with Crippen LogP contribution < -0.4 is 19.7 Å². The number of anilines is 1. The summed E-state index contributed by atoms with van der Waals surface area (Å²) in [7, 11) is 3.23. The van der Waals surface area contributed by atoms with Crippen molar-refractivity contribution < 1.29 is 32.2 Å². The molecule has 4 rings (SSSR count). The van der Waals surface area contributed by atoms with Crippen molar-refractivity contribution in [1.29, 1.82) is 0 Å². The van der Waals surface area contributed by atoms with E-state index in [4.69, 9.17) is 21.1 Å². The predicted molar refractivity (Wildman–Crippen MR) is 141 cm³/mol. The number of nitrogens with zero attached hydrogens (tertiary/aromatic N) is 2. The summed E-state index contributed by atoms with van der Waals surface area (Å²) in [5.41, 5.74) is 0.733. The second-order valence-electron chi connectivity index (χ2n) is 9.32. The van der Waals surface area contributed by atoms with Crippen LogP contribution in [0.25, 0.3) is 0 Å². The van der Waals surface area contributed by atoms with Crippen LogP contribution in [-0.2, 0) is 17.4 Å². The summed E-state index contributed by atoms with van der Waals surface area (Å²) in [5.74, 6) is 0.998. The fourth-order valence-electron chi connectivity index (χ4n) is 4.32. The largest absolute Gasteiger partial charge is 0.493 e. The molecule has 1 aliphatic heterocycles. The van der Waals surface area contributed by atoms with E-state index >= 15 is 0 Å². The molecule has 1 amide bonds. The third-order valence-corrected chi connectivity index (χ3v) is 6.58. The van der Waals surface area contributed by atoms with Crippen LogP contribution in [-0.4, -0.2) is 43.9 Å². The summed E-state index contributed by atoms with van der Waals surface area (Å²) >= 11 is 6.41. The Balaban J connectivity index is 1.38. The van der Waals surface area contributed by atoms with E-state index in [1.807, 2.05) is 0 Å². The zero-order valence-corrected chi connectivity index (χ0v) is 22.3. The van der Waals surface area contributed by atoms with E-state index in [1.54, 1.807) is 57.4 Å². The average molecular weight is 562 g/mol. The first-order chi connectivity index (χ1) is 18.4. The third kappa shape index (κ3) is 6.62. The lowest BCUT2D eigenvalue weighted by molar-refractivity contribution is -0.141. The number of Topliss-reactive ketones (excluding diaryl/α,β-unsaturated/α-hetero) is 1. The Morgan fingerprint density at radius 1 is 1.15 bits per heavy atom. The highest BCUT2D eigenvalue weighted by Crippen LogP contribution is 2.42. The summed E-state index contributed by atoms with van der Waals surface area (Å²) in [6.45, 7) is 2.17. The number of benzene rings is 2. The number of rotatable bonds is 8. The average Bonchev–Trinajstić information content (AvgIpc) is 2.88. The molecule has 206 valence electrons. The highest BCUT2D eigenvalue weighted by atomic mass is 35.5. The lowest BCUT2D eigenvalue weighted by Gasteiger charge is -2.25. The molecule has 1 unspecified atom stereocenters. The molecule has 2 aromatic carbocycles. The van der Waals surface area contributed by atoms with Crippen LogP contribution in [0, 0.1) is 0 Å². The molecule has 0 fully saturated rings. The van der Waals surface area contributed by atoms with E-state index in [-0.39, 0.29) is 30.0 Å². The highest BCUT2D eigenvalue weighted by molar-refractivity contribution is 6.32. The van der Waals surface area contributed by atoms with Gasteiger partial charge in [-0.2, -0.15) is 13.2 Å². The van der Waals surface area contributed by atoms with Gasteiger partial charge in [-0.05, 0) is 61.7 Å². The summed E-state index contributed by atoms with van der Waals surface area (Å²) in [6.07, 6.45) is -3.64. The first kappa shape index (κ1) is 28.2. The van der Waals surface area contributed by atoms with Gasteiger partial charge in [-0.25, -0.2) is 4.98 Å². The van der Waals surface area contributed by atoms with Gasteiger partial charge in [-0.3, -0.25) is 9.59 Å². The molecule has 0 spiro atoms. The number of hydrogen-bond donors (Lipinski definition) is 1. The van der Waals surface area contributed by atoms with Crippen molar-refractivity contribution >= 4 is 29.1 Å². The topological polar surface area (TPSA) is 80.8 Å². The third-order valence-electron chi connectivity index (χ3n) is 6.29. The van der Waals surface area contributed by atoms with Gasteiger partial charge in [0.1, 0.15) is 34.5 Å². The SMILES string of the molecule is CC(=O)C1CCOc2cc(Oc3ccc(C(=O)NCCc4ccc(C(F)(F)F)nc4N(C)C)cc3)c(Cl)cc21. The number of ether oxygens (including phenoxy) is 2. The van der Waals surface area contributed by atoms with Crippen molar-refractivity contribution in [3.63, 3.8) is 0 Å². The first-order valence-corrected chi connectivity index (χ1v) is 12.6. The number of carbonyl (C=O) groups is 2. The standard InChI is InChI=1S/C28H27ClF3N3O4/c1-16(36)20-11-13-38-23-15-24(22(29)14-21(20)23)39-19-7-4-18(5-8-19)27(37)33-12-10-17-6-9-25(28(30,31)32)34-26(17)35(2)3/h4-9,14-15,20H,10-13H2,1-3H3,(H,33,37). The fourth-order valence-corrected chi connectivity index (χ4v) is 4.53. The van der Waals surface area contributed by atoms with Gasteiger partial charge in [0.2, 0.25) is 0 Å². The molecule has 2 heterocycles. The second-order valence-corrected chi connectivity index (χ2v) is 9.73. The summed E-state index contributed by atoms with van der Waals surface area (Å²) in [6, 6.07) is 12.1. The Hall–Kier alpha value is -3.79. The second kappa shape index (κ2) is 11.5.